The predicted molar refractivity (Wildman–Crippen MR) is 75.2 cm³/mol. The van der Waals surface area contributed by atoms with E-state index in [-0.39, 0.29) is 5.91 Å². The molecule has 1 aliphatic heterocycles. The van der Waals surface area contributed by atoms with Crippen molar-refractivity contribution in [2.45, 2.75) is 6.92 Å². The predicted octanol–water partition coefficient (Wildman–Crippen LogP) is 1.32. The van der Waals surface area contributed by atoms with E-state index in [1.54, 1.807) is 7.05 Å². The van der Waals surface area contributed by atoms with Gasteiger partial charge in [-0.25, -0.2) is 0 Å². The van der Waals surface area contributed by atoms with E-state index in [2.05, 4.69) is 30.3 Å². The lowest BCUT2D eigenvalue weighted by Gasteiger charge is -2.24. The van der Waals surface area contributed by atoms with Crippen molar-refractivity contribution in [3.63, 3.8) is 0 Å². The average Bonchev–Trinajstić information content (AvgIpc) is 2.47. The normalized spacial score (nSPS) is 19.4. The van der Waals surface area contributed by atoms with Crippen LogP contribution in [0.1, 0.15) is 6.92 Å². The van der Waals surface area contributed by atoms with Crippen LogP contribution < -0.4 is 15.1 Å². The second-order valence-electron chi connectivity index (χ2n) is 5.01. The summed E-state index contributed by atoms with van der Waals surface area (Å²) in [6.07, 6.45) is 0. The van der Waals surface area contributed by atoms with Crippen LogP contribution in [0.4, 0.5) is 11.4 Å². The molecule has 1 N–H and O–H groups in total. The maximum absolute atomic E-state index is 12.2. The Morgan fingerprint density at radius 1 is 1.33 bits per heavy atom. The van der Waals surface area contributed by atoms with E-state index in [9.17, 15) is 4.79 Å². The zero-order valence-corrected chi connectivity index (χ0v) is 11.3. The van der Waals surface area contributed by atoms with Gasteiger partial charge in [0.1, 0.15) is 0 Å². The molecule has 98 valence electrons. The monoisotopic (exact) mass is 247 g/mol. The molecule has 0 radical (unpaired) electrons. The number of anilines is 2. The Kier molecular flexibility index (Phi) is 3.87. The average molecular weight is 247 g/mol. The molecule has 0 spiro atoms. The molecule has 1 aliphatic rings. The zero-order valence-electron chi connectivity index (χ0n) is 11.3. The highest BCUT2D eigenvalue weighted by Gasteiger charge is 2.25. The maximum atomic E-state index is 12.2. The fourth-order valence-corrected chi connectivity index (χ4v) is 2.53. The van der Waals surface area contributed by atoms with Gasteiger partial charge in [-0.15, -0.1) is 0 Å². The number of para-hydroxylation sites is 2. The number of nitrogens with zero attached hydrogens (tertiary/aromatic N) is 2. The van der Waals surface area contributed by atoms with Crippen molar-refractivity contribution in [1.29, 1.82) is 0 Å². The van der Waals surface area contributed by atoms with Crippen LogP contribution in [0.25, 0.3) is 0 Å². The van der Waals surface area contributed by atoms with Crippen LogP contribution in [0.3, 0.4) is 0 Å². The summed E-state index contributed by atoms with van der Waals surface area (Å²) >= 11 is 0. The molecule has 1 atom stereocenters. The van der Waals surface area contributed by atoms with Crippen LogP contribution in [-0.4, -0.2) is 39.6 Å². The molecule has 4 heteroatoms. The van der Waals surface area contributed by atoms with Crippen molar-refractivity contribution in [1.82, 2.24) is 5.32 Å². The van der Waals surface area contributed by atoms with Gasteiger partial charge in [-0.2, -0.15) is 0 Å². The second kappa shape index (κ2) is 5.40. The Morgan fingerprint density at radius 3 is 2.67 bits per heavy atom. The van der Waals surface area contributed by atoms with Crippen LogP contribution in [0.15, 0.2) is 24.3 Å². The lowest BCUT2D eigenvalue weighted by molar-refractivity contribution is -0.117. The molecule has 4 nitrogen and oxygen atoms in total. The Labute approximate surface area is 109 Å². The number of benzene rings is 1. The van der Waals surface area contributed by atoms with E-state index in [1.807, 2.05) is 23.1 Å². The number of carbonyl (C=O) groups is 1. The van der Waals surface area contributed by atoms with Crippen molar-refractivity contribution in [2.75, 3.05) is 43.5 Å². The van der Waals surface area contributed by atoms with Crippen molar-refractivity contribution in [3.05, 3.63) is 24.3 Å². The highest BCUT2D eigenvalue weighted by atomic mass is 16.2. The topological polar surface area (TPSA) is 35.6 Å². The minimum Gasteiger partial charge on any atom is -0.373 e. The summed E-state index contributed by atoms with van der Waals surface area (Å²) in [5.41, 5.74) is 2.15. The quantitative estimate of drug-likeness (QED) is 0.856. The van der Waals surface area contributed by atoms with Gasteiger partial charge in [0.25, 0.3) is 0 Å². The molecule has 18 heavy (non-hydrogen) atoms. The van der Waals surface area contributed by atoms with E-state index >= 15 is 0 Å². The minimum absolute atomic E-state index is 0.132. The first kappa shape index (κ1) is 12.9. The number of likely N-dealkylation sites (N-methyl/N-ethyl adjacent to an activating group) is 1. The van der Waals surface area contributed by atoms with Gasteiger partial charge in [-0.3, -0.25) is 4.79 Å². The molecule has 0 bridgehead atoms. The first-order chi connectivity index (χ1) is 8.63. The number of nitrogens with one attached hydrogen (secondary N) is 1. The Morgan fingerprint density at radius 2 is 2.00 bits per heavy atom. The van der Waals surface area contributed by atoms with E-state index in [1.165, 1.54) is 0 Å². The van der Waals surface area contributed by atoms with Gasteiger partial charge < -0.3 is 15.1 Å². The minimum atomic E-state index is 0.132. The third-order valence-electron chi connectivity index (χ3n) is 3.29. The molecule has 1 heterocycles. The maximum Gasteiger partial charge on any atom is 0.241 e. The lowest BCUT2D eigenvalue weighted by Crippen LogP contribution is -2.39. The second-order valence-corrected chi connectivity index (χ2v) is 5.01. The SMILES string of the molecule is CNCC(=O)N1CC(C)CN(C)c2ccccc21. The van der Waals surface area contributed by atoms with E-state index in [0.29, 0.717) is 12.5 Å². The van der Waals surface area contributed by atoms with Crippen LogP contribution in [0.5, 0.6) is 0 Å². The largest absolute Gasteiger partial charge is 0.373 e. The van der Waals surface area contributed by atoms with Crippen LogP contribution in [-0.2, 0) is 4.79 Å². The third-order valence-corrected chi connectivity index (χ3v) is 3.29. The molecule has 0 aromatic heterocycles. The summed E-state index contributed by atoms with van der Waals surface area (Å²) in [5, 5.41) is 2.94. The number of amides is 1. The highest BCUT2D eigenvalue weighted by Crippen LogP contribution is 2.32. The van der Waals surface area contributed by atoms with Gasteiger partial charge in [0, 0.05) is 20.1 Å². The van der Waals surface area contributed by atoms with Gasteiger partial charge in [0.05, 0.1) is 17.9 Å². The molecule has 1 aromatic carbocycles. The van der Waals surface area contributed by atoms with Gasteiger partial charge >= 0.3 is 0 Å². The molecule has 1 amide bonds. The summed E-state index contributed by atoms with van der Waals surface area (Å²) in [4.78, 5) is 16.3. The first-order valence-corrected chi connectivity index (χ1v) is 6.38. The molecule has 1 aromatic rings. The Hall–Kier alpha value is -1.55. The summed E-state index contributed by atoms with van der Waals surface area (Å²) in [5.74, 6) is 0.593. The number of fused-ring (bicyclic) bond motifs is 1. The molecular weight excluding hydrogens is 226 g/mol. The van der Waals surface area contributed by atoms with E-state index < -0.39 is 0 Å². The Balaban J connectivity index is 2.39. The first-order valence-electron chi connectivity index (χ1n) is 6.38. The van der Waals surface area contributed by atoms with Crippen LogP contribution in [0, 0.1) is 5.92 Å². The number of carbonyl (C=O) groups excluding carboxylic acids is 1. The third kappa shape index (κ3) is 2.48. The summed E-state index contributed by atoms with van der Waals surface area (Å²) < 4.78 is 0. The summed E-state index contributed by atoms with van der Waals surface area (Å²) in [6, 6.07) is 8.11. The molecule has 1 unspecified atom stereocenters. The Bertz CT molecular complexity index is 433. The smallest absolute Gasteiger partial charge is 0.241 e. The number of hydrogen-bond donors (Lipinski definition) is 1. The highest BCUT2D eigenvalue weighted by molar-refractivity contribution is 5.98. The summed E-state index contributed by atoms with van der Waals surface area (Å²) in [6.45, 7) is 4.31. The molecule has 0 aliphatic carbocycles. The van der Waals surface area contributed by atoms with Crippen molar-refractivity contribution in [2.24, 2.45) is 5.92 Å². The number of hydrogen-bond acceptors (Lipinski definition) is 3. The molecule has 2 rings (SSSR count). The van der Waals surface area contributed by atoms with E-state index in [4.69, 9.17) is 0 Å². The van der Waals surface area contributed by atoms with Crippen molar-refractivity contribution >= 4 is 17.3 Å². The molecular formula is C14H21N3O. The molecule has 0 saturated carbocycles. The summed E-state index contributed by atoms with van der Waals surface area (Å²) in [7, 11) is 3.89. The van der Waals surface area contributed by atoms with Gasteiger partial charge in [0.15, 0.2) is 0 Å². The van der Waals surface area contributed by atoms with Gasteiger partial charge in [0.2, 0.25) is 5.91 Å². The zero-order chi connectivity index (χ0) is 13.1. The fourth-order valence-electron chi connectivity index (χ4n) is 2.53. The van der Waals surface area contributed by atoms with E-state index in [0.717, 1.165) is 24.5 Å². The van der Waals surface area contributed by atoms with Gasteiger partial charge in [-0.1, -0.05) is 19.1 Å². The van der Waals surface area contributed by atoms with Crippen LogP contribution >= 0.6 is 0 Å². The number of rotatable bonds is 2. The van der Waals surface area contributed by atoms with Crippen molar-refractivity contribution < 1.29 is 4.79 Å². The standard InChI is InChI=1S/C14H21N3O/c1-11-9-16(3)12-6-4-5-7-13(12)17(10-11)14(18)8-15-2/h4-7,11,15H,8-10H2,1-3H3. The van der Waals surface area contributed by atoms with Crippen LogP contribution in [0.2, 0.25) is 0 Å². The lowest BCUT2D eigenvalue weighted by atomic mass is 10.1. The fraction of sp³-hybridized carbons (Fsp3) is 0.500. The van der Waals surface area contributed by atoms with Gasteiger partial charge in [-0.05, 0) is 25.1 Å². The molecule has 0 fully saturated rings. The van der Waals surface area contributed by atoms with Crippen molar-refractivity contribution in [3.8, 4) is 0 Å². The molecule has 0 saturated heterocycles.